The first-order chi connectivity index (χ1) is 13.7. The molecule has 0 saturated carbocycles. The predicted molar refractivity (Wildman–Crippen MR) is 112 cm³/mol. The van der Waals surface area contributed by atoms with Gasteiger partial charge < -0.3 is 10.6 Å². The average Bonchev–Trinajstić information content (AvgIpc) is 2.67. The smallest absolute Gasteiger partial charge is 0.288 e. The van der Waals surface area contributed by atoms with E-state index in [2.05, 4.69) is 10.6 Å². The van der Waals surface area contributed by atoms with Crippen LogP contribution in [0.5, 0.6) is 0 Å². The number of hydrogen-bond acceptors (Lipinski definition) is 5. The number of hydrogen-bond donors (Lipinski definition) is 2. The number of thioether (sulfide) groups is 1. The molecule has 2 amide bonds. The van der Waals surface area contributed by atoms with Crippen LogP contribution >= 0.6 is 23.4 Å². The number of carbonyl (C=O) groups excluding carboxylic acids is 2. The minimum atomic E-state index is -0.908. The molecule has 0 fully saturated rings. The summed E-state index contributed by atoms with van der Waals surface area (Å²) in [6, 6.07) is 7.03. The van der Waals surface area contributed by atoms with Crippen LogP contribution in [0, 0.1) is 22.9 Å². The highest BCUT2D eigenvalue weighted by Crippen LogP contribution is 2.25. The summed E-state index contributed by atoms with van der Waals surface area (Å²) in [6.07, 6.45) is 2.18. The standard InChI is InChI=1S/C19H19ClFN3O4S/c1-11-3-5-13(10-15(11)21)22-19(26)16(7-8-29-2)23-18(25)12-4-6-14(20)17(9-12)24(27)28/h3-6,9-10,16H,7-8H2,1-2H3,(H,22,26)(H,23,25). The van der Waals surface area contributed by atoms with Gasteiger partial charge in [-0.2, -0.15) is 11.8 Å². The second kappa shape index (κ2) is 10.2. The molecule has 0 aliphatic rings. The van der Waals surface area contributed by atoms with E-state index < -0.39 is 34.3 Å². The highest BCUT2D eigenvalue weighted by atomic mass is 35.5. The highest BCUT2D eigenvalue weighted by Gasteiger charge is 2.23. The maximum atomic E-state index is 13.7. The van der Waals surface area contributed by atoms with Gasteiger partial charge in [-0.05, 0) is 55.2 Å². The van der Waals surface area contributed by atoms with E-state index in [1.54, 1.807) is 13.0 Å². The molecule has 0 spiro atoms. The Bertz CT molecular complexity index is 942. The summed E-state index contributed by atoms with van der Waals surface area (Å²) in [7, 11) is 0. The Kier molecular flexibility index (Phi) is 7.98. The van der Waals surface area contributed by atoms with E-state index in [0.29, 0.717) is 17.7 Å². The molecule has 29 heavy (non-hydrogen) atoms. The molecule has 154 valence electrons. The third-order valence-corrected chi connectivity index (χ3v) is 5.04. The third kappa shape index (κ3) is 6.16. The number of amides is 2. The average molecular weight is 440 g/mol. The number of carbonyl (C=O) groups is 2. The first-order valence-electron chi connectivity index (χ1n) is 8.53. The van der Waals surface area contributed by atoms with Gasteiger partial charge in [-0.15, -0.1) is 0 Å². The zero-order valence-corrected chi connectivity index (χ0v) is 17.3. The van der Waals surface area contributed by atoms with Crippen molar-refractivity contribution in [2.45, 2.75) is 19.4 Å². The molecule has 2 N–H and O–H groups in total. The van der Waals surface area contributed by atoms with Gasteiger partial charge in [0, 0.05) is 17.3 Å². The van der Waals surface area contributed by atoms with Crippen molar-refractivity contribution >= 4 is 46.6 Å². The number of anilines is 1. The van der Waals surface area contributed by atoms with Gasteiger partial charge in [0.1, 0.15) is 16.9 Å². The molecule has 2 aromatic carbocycles. The van der Waals surface area contributed by atoms with Gasteiger partial charge in [0.25, 0.3) is 11.6 Å². The van der Waals surface area contributed by atoms with Crippen LogP contribution in [-0.4, -0.2) is 34.8 Å². The van der Waals surface area contributed by atoms with Crippen LogP contribution in [0.15, 0.2) is 36.4 Å². The molecule has 0 aliphatic carbocycles. The predicted octanol–water partition coefficient (Wildman–Crippen LogP) is 4.19. The van der Waals surface area contributed by atoms with Crippen molar-refractivity contribution in [3.63, 3.8) is 0 Å². The van der Waals surface area contributed by atoms with Crippen molar-refractivity contribution in [1.29, 1.82) is 0 Å². The lowest BCUT2D eigenvalue weighted by Gasteiger charge is -2.18. The van der Waals surface area contributed by atoms with E-state index in [-0.39, 0.29) is 16.3 Å². The molecule has 0 heterocycles. The van der Waals surface area contributed by atoms with E-state index in [0.717, 1.165) is 6.07 Å². The molecule has 0 aromatic heterocycles. The SMILES string of the molecule is CSCCC(NC(=O)c1ccc(Cl)c([N+](=O)[O-])c1)C(=O)Nc1ccc(C)c(F)c1. The molecule has 1 unspecified atom stereocenters. The number of nitro benzene ring substituents is 1. The summed E-state index contributed by atoms with van der Waals surface area (Å²) in [6.45, 7) is 1.60. The topological polar surface area (TPSA) is 101 Å². The van der Waals surface area contributed by atoms with Crippen molar-refractivity contribution in [3.8, 4) is 0 Å². The monoisotopic (exact) mass is 439 g/mol. The normalized spacial score (nSPS) is 11.6. The number of halogens is 2. The zero-order valence-electron chi connectivity index (χ0n) is 15.7. The summed E-state index contributed by atoms with van der Waals surface area (Å²) in [5.41, 5.74) is 0.312. The second-order valence-electron chi connectivity index (χ2n) is 6.18. The molecule has 0 aliphatic heterocycles. The van der Waals surface area contributed by atoms with E-state index in [9.17, 15) is 24.1 Å². The Morgan fingerprint density at radius 3 is 2.62 bits per heavy atom. The quantitative estimate of drug-likeness (QED) is 0.474. The largest absolute Gasteiger partial charge is 0.340 e. The van der Waals surface area contributed by atoms with Crippen molar-refractivity contribution in [3.05, 3.63) is 68.5 Å². The first-order valence-corrected chi connectivity index (χ1v) is 10.3. The van der Waals surface area contributed by atoms with Crippen LogP contribution in [0.25, 0.3) is 0 Å². The maximum absolute atomic E-state index is 13.7. The van der Waals surface area contributed by atoms with Crippen LogP contribution < -0.4 is 10.6 Å². The number of rotatable bonds is 8. The maximum Gasteiger partial charge on any atom is 0.288 e. The fraction of sp³-hybridized carbons (Fsp3) is 0.263. The lowest BCUT2D eigenvalue weighted by Crippen LogP contribution is -2.44. The van der Waals surface area contributed by atoms with Gasteiger partial charge in [0.15, 0.2) is 0 Å². The Morgan fingerprint density at radius 2 is 2.00 bits per heavy atom. The lowest BCUT2D eigenvalue weighted by molar-refractivity contribution is -0.384. The molecular formula is C19H19ClFN3O4S. The number of benzene rings is 2. The first kappa shape index (κ1) is 22.6. The van der Waals surface area contributed by atoms with Gasteiger partial charge in [-0.25, -0.2) is 4.39 Å². The highest BCUT2D eigenvalue weighted by molar-refractivity contribution is 7.98. The van der Waals surface area contributed by atoms with Crippen LogP contribution in [0.3, 0.4) is 0 Å². The van der Waals surface area contributed by atoms with Crippen molar-refractivity contribution in [1.82, 2.24) is 5.32 Å². The second-order valence-corrected chi connectivity index (χ2v) is 7.58. The van der Waals surface area contributed by atoms with E-state index in [1.165, 1.54) is 36.0 Å². The summed E-state index contributed by atoms with van der Waals surface area (Å²) in [5, 5.41) is 16.1. The Hall–Kier alpha value is -2.65. The van der Waals surface area contributed by atoms with Crippen molar-refractivity contribution in [2.75, 3.05) is 17.3 Å². The number of nitrogens with zero attached hydrogens (tertiary/aromatic N) is 1. The fourth-order valence-corrected chi connectivity index (χ4v) is 3.10. The van der Waals surface area contributed by atoms with Gasteiger partial charge in [0.05, 0.1) is 4.92 Å². The molecule has 0 saturated heterocycles. The van der Waals surface area contributed by atoms with Gasteiger partial charge in [-0.3, -0.25) is 19.7 Å². The van der Waals surface area contributed by atoms with Crippen molar-refractivity contribution in [2.24, 2.45) is 0 Å². The van der Waals surface area contributed by atoms with Crippen molar-refractivity contribution < 1.29 is 18.9 Å². The van der Waals surface area contributed by atoms with Crippen LogP contribution in [0.2, 0.25) is 5.02 Å². The van der Waals surface area contributed by atoms with Crippen LogP contribution in [-0.2, 0) is 4.79 Å². The lowest BCUT2D eigenvalue weighted by atomic mass is 10.1. The van der Waals surface area contributed by atoms with Crippen LogP contribution in [0.1, 0.15) is 22.3 Å². The minimum absolute atomic E-state index is 0.00410. The Labute approximate surface area is 176 Å². The van der Waals surface area contributed by atoms with Gasteiger partial charge in [0.2, 0.25) is 5.91 Å². The summed E-state index contributed by atoms with van der Waals surface area (Å²) >= 11 is 7.26. The van der Waals surface area contributed by atoms with Gasteiger partial charge >= 0.3 is 0 Å². The molecular weight excluding hydrogens is 421 g/mol. The van der Waals surface area contributed by atoms with Crippen LogP contribution in [0.4, 0.5) is 15.8 Å². The number of nitro groups is 1. The summed E-state index contributed by atoms with van der Waals surface area (Å²) in [5.74, 6) is -1.04. The van der Waals surface area contributed by atoms with E-state index in [4.69, 9.17) is 11.6 Å². The molecule has 1 atom stereocenters. The summed E-state index contributed by atoms with van der Waals surface area (Å²) < 4.78 is 13.7. The number of aryl methyl sites for hydroxylation is 1. The summed E-state index contributed by atoms with van der Waals surface area (Å²) in [4.78, 5) is 35.5. The third-order valence-electron chi connectivity index (χ3n) is 4.08. The van der Waals surface area contributed by atoms with E-state index in [1.807, 2.05) is 6.26 Å². The molecule has 2 aromatic rings. The zero-order chi connectivity index (χ0) is 21.6. The Morgan fingerprint density at radius 1 is 1.28 bits per heavy atom. The van der Waals surface area contributed by atoms with E-state index >= 15 is 0 Å². The minimum Gasteiger partial charge on any atom is -0.340 e. The molecule has 0 radical (unpaired) electrons. The molecule has 10 heteroatoms. The molecule has 7 nitrogen and oxygen atoms in total. The van der Waals surface area contributed by atoms with Gasteiger partial charge in [-0.1, -0.05) is 17.7 Å². The fourth-order valence-electron chi connectivity index (χ4n) is 2.44. The molecule has 0 bridgehead atoms. The number of nitrogens with one attached hydrogen (secondary N) is 2. The molecule has 2 rings (SSSR count). The Balaban J connectivity index is 2.17.